The van der Waals surface area contributed by atoms with Crippen LogP contribution in [0.4, 0.5) is 5.69 Å². The summed E-state index contributed by atoms with van der Waals surface area (Å²) >= 11 is 7.07. The maximum atomic E-state index is 3.60. The monoisotopic (exact) mass is 409 g/mol. The Morgan fingerprint density at radius 2 is 1.76 bits per heavy atom. The number of nitrogens with one attached hydrogen (secondary N) is 1. The van der Waals surface area contributed by atoms with Crippen LogP contribution in [0.5, 0.6) is 0 Å². The smallest absolute Gasteiger partial charge is 0.0490 e. The Balaban J connectivity index is 2.04. The van der Waals surface area contributed by atoms with Gasteiger partial charge in [0.25, 0.3) is 0 Å². The molecule has 21 heavy (non-hydrogen) atoms. The van der Waals surface area contributed by atoms with Crippen LogP contribution in [0.25, 0.3) is 0 Å². The van der Waals surface area contributed by atoms with Crippen LogP contribution in [0, 0.1) is 0 Å². The number of halogens is 2. The molecule has 0 aliphatic rings. The number of hydrogen-bond acceptors (Lipinski definition) is 1. The van der Waals surface area contributed by atoms with Crippen LogP contribution in [-0.4, -0.2) is 0 Å². The van der Waals surface area contributed by atoms with Crippen LogP contribution in [0.2, 0.25) is 0 Å². The molecule has 0 bridgehead atoms. The lowest BCUT2D eigenvalue weighted by atomic mass is 10.0. The summed E-state index contributed by atoms with van der Waals surface area (Å²) in [5.41, 5.74) is 3.85. The molecule has 2 aromatic carbocycles. The fourth-order valence-corrected chi connectivity index (χ4v) is 3.44. The number of unbranched alkanes of at least 4 members (excludes halogenated alkanes) is 1. The summed E-state index contributed by atoms with van der Waals surface area (Å²) in [5.74, 6) is 0. The molecule has 0 fully saturated rings. The van der Waals surface area contributed by atoms with Crippen molar-refractivity contribution in [1.82, 2.24) is 0 Å². The van der Waals surface area contributed by atoms with E-state index in [1.807, 2.05) is 6.07 Å². The quantitative estimate of drug-likeness (QED) is 0.556. The van der Waals surface area contributed by atoms with Gasteiger partial charge >= 0.3 is 0 Å². The highest BCUT2D eigenvalue weighted by Crippen LogP contribution is 2.29. The maximum absolute atomic E-state index is 3.60. The van der Waals surface area contributed by atoms with E-state index in [0.717, 1.165) is 14.6 Å². The van der Waals surface area contributed by atoms with Gasteiger partial charge in [0.2, 0.25) is 0 Å². The van der Waals surface area contributed by atoms with Crippen molar-refractivity contribution in [2.75, 3.05) is 5.32 Å². The molecule has 0 aliphatic heterocycles. The van der Waals surface area contributed by atoms with E-state index >= 15 is 0 Å². The number of hydrogen-bond donors (Lipinski definition) is 1. The molecule has 0 aromatic heterocycles. The second-order valence-electron chi connectivity index (χ2n) is 5.34. The number of rotatable bonds is 6. The minimum Gasteiger partial charge on any atom is -0.378 e. The summed E-state index contributed by atoms with van der Waals surface area (Å²) in [5, 5.41) is 3.55. The highest BCUT2D eigenvalue weighted by Gasteiger charge is 2.08. The van der Waals surface area contributed by atoms with E-state index in [4.69, 9.17) is 0 Å². The van der Waals surface area contributed by atoms with Crippen molar-refractivity contribution in [2.45, 2.75) is 39.2 Å². The molecule has 3 heteroatoms. The van der Waals surface area contributed by atoms with Gasteiger partial charge in [-0.05, 0) is 65.0 Å². The molecule has 2 aromatic rings. The van der Waals surface area contributed by atoms with Crippen molar-refractivity contribution in [3.63, 3.8) is 0 Å². The van der Waals surface area contributed by atoms with Gasteiger partial charge in [0.1, 0.15) is 0 Å². The Bertz CT molecular complexity index is 578. The molecular formula is C18H21Br2N. The zero-order chi connectivity index (χ0) is 15.2. The van der Waals surface area contributed by atoms with Crippen molar-refractivity contribution in [1.29, 1.82) is 0 Å². The van der Waals surface area contributed by atoms with E-state index in [1.165, 1.54) is 30.4 Å². The fourth-order valence-electron chi connectivity index (χ4n) is 2.28. The Kier molecular flexibility index (Phi) is 6.31. The van der Waals surface area contributed by atoms with Crippen LogP contribution in [-0.2, 0) is 6.42 Å². The maximum Gasteiger partial charge on any atom is 0.0490 e. The summed E-state index contributed by atoms with van der Waals surface area (Å²) in [6.07, 6.45) is 3.69. The van der Waals surface area contributed by atoms with Gasteiger partial charge in [0, 0.05) is 20.7 Å². The average molecular weight is 411 g/mol. The summed E-state index contributed by atoms with van der Waals surface area (Å²) in [7, 11) is 0. The average Bonchev–Trinajstić information content (AvgIpc) is 2.48. The van der Waals surface area contributed by atoms with Gasteiger partial charge in [-0.3, -0.25) is 0 Å². The number of benzene rings is 2. The van der Waals surface area contributed by atoms with Gasteiger partial charge in [-0.1, -0.05) is 53.5 Å². The zero-order valence-corrected chi connectivity index (χ0v) is 15.7. The van der Waals surface area contributed by atoms with Crippen LogP contribution >= 0.6 is 31.9 Å². The molecule has 0 saturated carbocycles. The van der Waals surface area contributed by atoms with Gasteiger partial charge in [0.15, 0.2) is 0 Å². The van der Waals surface area contributed by atoms with Gasteiger partial charge in [-0.25, -0.2) is 0 Å². The van der Waals surface area contributed by atoms with Crippen molar-refractivity contribution < 1.29 is 0 Å². The predicted molar refractivity (Wildman–Crippen MR) is 98.9 cm³/mol. The molecule has 1 nitrogen and oxygen atoms in total. The van der Waals surface area contributed by atoms with E-state index in [9.17, 15) is 0 Å². The lowest BCUT2D eigenvalue weighted by Gasteiger charge is -2.17. The highest BCUT2D eigenvalue weighted by molar-refractivity contribution is 9.11. The minimum atomic E-state index is 0.280. The van der Waals surface area contributed by atoms with Gasteiger partial charge in [-0.2, -0.15) is 0 Å². The standard InChI is InChI=1S/C18H21Br2N/c1-3-4-5-14-6-8-15(9-7-14)13(2)21-18-11-10-16(19)12-17(18)20/h6-13,21H,3-5H2,1-2H3. The van der Waals surface area contributed by atoms with Crippen LogP contribution in [0.1, 0.15) is 43.9 Å². The molecule has 0 saturated heterocycles. The number of anilines is 1. The molecule has 0 aliphatic carbocycles. The lowest BCUT2D eigenvalue weighted by molar-refractivity contribution is 0.793. The molecule has 2 rings (SSSR count). The Morgan fingerprint density at radius 3 is 2.38 bits per heavy atom. The zero-order valence-electron chi connectivity index (χ0n) is 12.5. The van der Waals surface area contributed by atoms with E-state index in [-0.39, 0.29) is 6.04 Å². The summed E-state index contributed by atoms with van der Waals surface area (Å²) in [6.45, 7) is 4.42. The van der Waals surface area contributed by atoms with E-state index in [0.29, 0.717) is 0 Å². The molecule has 1 unspecified atom stereocenters. The molecule has 0 heterocycles. The summed E-state index contributed by atoms with van der Waals surface area (Å²) in [6, 6.07) is 15.4. The third-order valence-electron chi connectivity index (χ3n) is 3.60. The van der Waals surface area contributed by atoms with Crippen LogP contribution in [0.15, 0.2) is 51.4 Å². The SMILES string of the molecule is CCCCc1ccc(C(C)Nc2ccc(Br)cc2Br)cc1. The Morgan fingerprint density at radius 1 is 1.05 bits per heavy atom. The highest BCUT2D eigenvalue weighted by atomic mass is 79.9. The second kappa shape index (κ2) is 8.00. The lowest BCUT2D eigenvalue weighted by Crippen LogP contribution is -2.07. The minimum absolute atomic E-state index is 0.280. The first kappa shape index (κ1) is 16.6. The van der Waals surface area contributed by atoms with Crippen molar-refractivity contribution in [2.24, 2.45) is 0 Å². The molecule has 112 valence electrons. The second-order valence-corrected chi connectivity index (χ2v) is 7.11. The van der Waals surface area contributed by atoms with Gasteiger partial charge < -0.3 is 5.32 Å². The molecule has 0 radical (unpaired) electrons. The van der Waals surface area contributed by atoms with Crippen molar-refractivity contribution in [3.8, 4) is 0 Å². The fraction of sp³-hybridized carbons (Fsp3) is 0.333. The third kappa shape index (κ3) is 4.86. The third-order valence-corrected chi connectivity index (χ3v) is 4.75. The summed E-state index contributed by atoms with van der Waals surface area (Å²) in [4.78, 5) is 0. The first-order valence-corrected chi connectivity index (χ1v) is 8.99. The van der Waals surface area contributed by atoms with E-state index in [2.05, 4.69) is 87.4 Å². The first-order valence-electron chi connectivity index (χ1n) is 7.40. The van der Waals surface area contributed by atoms with E-state index < -0.39 is 0 Å². The predicted octanol–water partition coefficient (Wildman–Crippen LogP) is 6.73. The number of aryl methyl sites for hydroxylation is 1. The van der Waals surface area contributed by atoms with Crippen LogP contribution < -0.4 is 5.32 Å². The molecule has 0 amide bonds. The van der Waals surface area contributed by atoms with Crippen molar-refractivity contribution in [3.05, 3.63) is 62.5 Å². The van der Waals surface area contributed by atoms with Gasteiger partial charge in [-0.15, -0.1) is 0 Å². The Labute approximate surface area is 144 Å². The molecule has 1 atom stereocenters. The van der Waals surface area contributed by atoms with E-state index in [1.54, 1.807) is 0 Å². The summed E-state index contributed by atoms with van der Waals surface area (Å²) < 4.78 is 2.15. The molecular weight excluding hydrogens is 390 g/mol. The normalized spacial score (nSPS) is 12.2. The topological polar surface area (TPSA) is 12.0 Å². The first-order chi connectivity index (χ1) is 10.1. The molecule has 1 N–H and O–H groups in total. The Hall–Kier alpha value is -0.800. The van der Waals surface area contributed by atoms with Gasteiger partial charge in [0.05, 0.1) is 0 Å². The van der Waals surface area contributed by atoms with Crippen LogP contribution in [0.3, 0.4) is 0 Å². The molecule has 0 spiro atoms. The van der Waals surface area contributed by atoms with Crippen molar-refractivity contribution >= 4 is 37.5 Å². The largest absolute Gasteiger partial charge is 0.378 e.